The number of rotatable bonds is 5. The highest BCUT2D eigenvalue weighted by Crippen LogP contribution is 2.24. The van der Waals surface area contributed by atoms with Crippen LogP contribution in [0.25, 0.3) is 21.7 Å². The van der Waals surface area contributed by atoms with Crippen LogP contribution in [0.5, 0.6) is 0 Å². The first-order chi connectivity index (χ1) is 13.6. The number of ether oxygens (including phenoxy) is 1. The number of hydrogen-bond donors (Lipinski definition) is 2. The van der Waals surface area contributed by atoms with Crippen molar-refractivity contribution in [1.82, 2.24) is 15.5 Å². The molecule has 0 aliphatic heterocycles. The van der Waals surface area contributed by atoms with Crippen molar-refractivity contribution < 1.29 is 14.3 Å². The molecule has 140 valence electrons. The molecule has 3 aromatic carbocycles. The second-order valence-corrected chi connectivity index (χ2v) is 6.55. The Morgan fingerprint density at radius 1 is 1.00 bits per heavy atom. The Balaban J connectivity index is 1.41. The van der Waals surface area contributed by atoms with E-state index in [2.05, 4.69) is 15.5 Å². The number of aromatic amines is 1. The molecule has 1 amide bonds. The smallest absolute Gasteiger partial charge is 0.359 e. The van der Waals surface area contributed by atoms with Crippen LogP contribution in [0.15, 0.2) is 66.7 Å². The second-order valence-electron chi connectivity index (χ2n) is 6.55. The first-order valence-electron chi connectivity index (χ1n) is 9.01. The maximum absolute atomic E-state index is 12.3. The molecule has 0 fully saturated rings. The molecule has 0 radical (unpaired) electrons. The van der Waals surface area contributed by atoms with E-state index in [1.165, 1.54) is 0 Å². The van der Waals surface area contributed by atoms with Crippen molar-refractivity contribution in [1.29, 1.82) is 0 Å². The number of para-hydroxylation sites is 1. The van der Waals surface area contributed by atoms with Crippen molar-refractivity contribution >= 4 is 33.6 Å². The highest BCUT2D eigenvalue weighted by Gasteiger charge is 2.18. The lowest BCUT2D eigenvalue weighted by molar-refractivity contribution is -0.124. The number of carbonyl (C=O) groups is 2. The summed E-state index contributed by atoms with van der Waals surface area (Å²) >= 11 is 0. The van der Waals surface area contributed by atoms with Gasteiger partial charge < -0.3 is 10.1 Å². The Bertz CT molecular complexity index is 1160. The Labute approximate surface area is 161 Å². The fourth-order valence-electron chi connectivity index (χ4n) is 3.31. The minimum Gasteiger partial charge on any atom is -0.451 e. The van der Waals surface area contributed by atoms with Gasteiger partial charge in [0, 0.05) is 5.39 Å². The van der Waals surface area contributed by atoms with Gasteiger partial charge in [0.05, 0.1) is 11.6 Å². The Morgan fingerprint density at radius 2 is 1.71 bits per heavy atom. The average molecular weight is 373 g/mol. The number of hydrogen-bond acceptors (Lipinski definition) is 4. The van der Waals surface area contributed by atoms with E-state index in [0.717, 1.165) is 21.9 Å². The van der Waals surface area contributed by atoms with Crippen LogP contribution in [-0.2, 0) is 9.53 Å². The predicted octanol–water partition coefficient (Wildman–Crippen LogP) is 3.75. The van der Waals surface area contributed by atoms with E-state index in [4.69, 9.17) is 4.74 Å². The first kappa shape index (κ1) is 17.7. The maximum Gasteiger partial charge on any atom is 0.359 e. The third-order valence-corrected chi connectivity index (χ3v) is 4.67. The summed E-state index contributed by atoms with van der Waals surface area (Å²) in [5.74, 6) is -1.00. The monoisotopic (exact) mass is 373 g/mol. The summed E-state index contributed by atoms with van der Waals surface area (Å²) in [4.78, 5) is 24.6. The molecule has 1 atom stereocenters. The molecule has 0 spiro atoms. The zero-order valence-electron chi connectivity index (χ0n) is 15.3. The van der Waals surface area contributed by atoms with Gasteiger partial charge >= 0.3 is 5.97 Å². The number of esters is 1. The van der Waals surface area contributed by atoms with Crippen LogP contribution in [0.2, 0.25) is 0 Å². The molecule has 6 nitrogen and oxygen atoms in total. The van der Waals surface area contributed by atoms with Crippen molar-refractivity contribution in [3.63, 3.8) is 0 Å². The van der Waals surface area contributed by atoms with Gasteiger partial charge in [0.25, 0.3) is 5.91 Å². The number of nitrogens with zero attached hydrogens (tertiary/aromatic N) is 1. The van der Waals surface area contributed by atoms with Crippen LogP contribution in [0.4, 0.5) is 0 Å². The van der Waals surface area contributed by atoms with Gasteiger partial charge in [-0.2, -0.15) is 5.10 Å². The highest BCUT2D eigenvalue weighted by atomic mass is 16.5. The number of carbonyl (C=O) groups excluding carboxylic acids is 2. The topological polar surface area (TPSA) is 84.1 Å². The molecular formula is C22H19N3O3. The van der Waals surface area contributed by atoms with Gasteiger partial charge in [0.2, 0.25) is 0 Å². The number of H-pyrrole nitrogens is 1. The minimum absolute atomic E-state index is 0.172. The Morgan fingerprint density at radius 3 is 2.57 bits per heavy atom. The molecule has 0 saturated carbocycles. The summed E-state index contributed by atoms with van der Waals surface area (Å²) in [6.07, 6.45) is 0. The van der Waals surface area contributed by atoms with E-state index >= 15 is 0 Å². The number of aromatic nitrogens is 2. The largest absolute Gasteiger partial charge is 0.451 e. The number of amides is 1. The van der Waals surface area contributed by atoms with Crippen LogP contribution >= 0.6 is 0 Å². The third kappa shape index (κ3) is 3.44. The van der Waals surface area contributed by atoms with E-state index in [9.17, 15) is 9.59 Å². The minimum atomic E-state index is -0.634. The zero-order valence-corrected chi connectivity index (χ0v) is 15.3. The van der Waals surface area contributed by atoms with Crippen LogP contribution < -0.4 is 5.32 Å². The van der Waals surface area contributed by atoms with Crippen molar-refractivity contribution in [3.8, 4) is 0 Å². The zero-order chi connectivity index (χ0) is 19.5. The molecule has 6 heteroatoms. The van der Waals surface area contributed by atoms with Crippen molar-refractivity contribution in [2.75, 3.05) is 6.61 Å². The molecule has 0 aliphatic rings. The molecule has 0 unspecified atom stereocenters. The summed E-state index contributed by atoms with van der Waals surface area (Å²) in [7, 11) is 0. The van der Waals surface area contributed by atoms with Crippen molar-refractivity contribution in [3.05, 3.63) is 78.0 Å². The van der Waals surface area contributed by atoms with E-state index < -0.39 is 5.97 Å². The first-order valence-corrected chi connectivity index (χ1v) is 9.01. The molecule has 4 aromatic rings. The van der Waals surface area contributed by atoms with E-state index in [1.807, 2.05) is 67.6 Å². The molecule has 28 heavy (non-hydrogen) atoms. The van der Waals surface area contributed by atoms with Gasteiger partial charge in [-0.05, 0) is 29.3 Å². The summed E-state index contributed by atoms with van der Waals surface area (Å²) in [5.41, 5.74) is 1.92. The van der Waals surface area contributed by atoms with Gasteiger partial charge in [-0.3, -0.25) is 9.89 Å². The summed E-state index contributed by atoms with van der Waals surface area (Å²) in [6.45, 7) is 1.54. The van der Waals surface area contributed by atoms with Gasteiger partial charge in [-0.1, -0.05) is 60.7 Å². The van der Waals surface area contributed by atoms with E-state index in [0.29, 0.717) is 5.39 Å². The molecule has 0 saturated heterocycles. The van der Waals surface area contributed by atoms with Crippen LogP contribution in [-0.4, -0.2) is 28.7 Å². The van der Waals surface area contributed by atoms with Gasteiger partial charge in [0.1, 0.15) is 0 Å². The fourth-order valence-corrected chi connectivity index (χ4v) is 3.31. The molecule has 4 rings (SSSR count). The maximum atomic E-state index is 12.3. The van der Waals surface area contributed by atoms with Crippen LogP contribution in [0.3, 0.4) is 0 Å². The molecular weight excluding hydrogens is 354 g/mol. The summed E-state index contributed by atoms with van der Waals surface area (Å²) in [6, 6.07) is 21.0. The summed E-state index contributed by atoms with van der Waals surface area (Å²) < 4.78 is 5.15. The third-order valence-electron chi connectivity index (χ3n) is 4.67. The Hall–Kier alpha value is -3.67. The second kappa shape index (κ2) is 7.52. The standard InChI is InChI=1S/C22H19N3O3/c1-14(16-11-6-8-15-7-2-3-9-17(15)16)23-20(26)13-28-22(27)21-18-10-4-5-12-19(18)24-25-21/h2-12,14H,13H2,1H3,(H,23,26)(H,24,25)/t14-/m0/s1. The lowest BCUT2D eigenvalue weighted by Gasteiger charge is -2.16. The fraction of sp³-hybridized carbons (Fsp3) is 0.136. The molecule has 2 N–H and O–H groups in total. The SMILES string of the molecule is C[C@H](NC(=O)COC(=O)c1n[nH]c2ccccc12)c1cccc2ccccc12. The molecule has 1 aromatic heterocycles. The molecule has 1 heterocycles. The van der Waals surface area contributed by atoms with Gasteiger partial charge in [0.15, 0.2) is 12.3 Å². The van der Waals surface area contributed by atoms with Gasteiger partial charge in [-0.25, -0.2) is 4.79 Å². The quantitative estimate of drug-likeness (QED) is 0.522. The lowest BCUT2D eigenvalue weighted by atomic mass is 10.00. The van der Waals surface area contributed by atoms with Crippen molar-refractivity contribution in [2.24, 2.45) is 0 Å². The number of nitrogens with one attached hydrogen (secondary N) is 2. The molecule has 0 bridgehead atoms. The normalized spacial score (nSPS) is 12.0. The van der Waals surface area contributed by atoms with E-state index in [1.54, 1.807) is 6.07 Å². The van der Waals surface area contributed by atoms with Crippen LogP contribution in [0.1, 0.15) is 29.0 Å². The summed E-state index contributed by atoms with van der Waals surface area (Å²) in [5, 5.41) is 12.5. The molecule has 0 aliphatic carbocycles. The predicted molar refractivity (Wildman–Crippen MR) is 107 cm³/mol. The van der Waals surface area contributed by atoms with E-state index in [-0.39, 0.29) is 24.2 Å². The number of benzene rings is 3. The van der Waals surface area contributed by atoms with Crippen molar-refractivity contribution in [2.45, 2.75) is 13.0 Å². The van der Waals surface area contributed by atoms with Gasteiger partial charge in [-0.15, -0.1) is 0 Å². The Kier molecular flexibility index (Phi) is 4.76. The average Bonchev–Trinajstić information content (AvgIpc) is 3.16. The highest BCUT2D eigenvalue weighted by molar-refractivity contribution is 6.02. The number of fused-ring (bicyclic) bond motifs is 2. The van der Waals surface area contributed by atoms with Crippen LogP contribution in [0, 0.1) is 0 Å². The lowest BCUT2D eigenvalue weighted by Crippen LogP contribution is -2.31.